The number of amides is 1. The average Bonchev–Trinajstić information content (AvgIpc) is 2.87. The van der Waals surface area contributed by atoms with Gasteiger partial charge in [-0.05, 0) is 54.8 Å². The number of carbonyl (C=O) groups is 1. The predicted octanol–water partition coefficient (Wildman–Crippen LogP) is 4.44. The fourth-order valence-corrected chi connectivity index (χ4v) is 4.31. The van der Waals surface area contributed by atoms with E-state index < -0.39 is 0 Å². The van der Waals surface area contributed by atoms with Gasteiger partial charge >= 0.3 is 0 Å². The maximum absolute atomic E-state index is 13.4. The zero-order valence-electron chi connectivity index (χ0n) is 19.5. The zero-order chi connectivity index (χ0) is 25.7. The highest BCUT2D eigenvalue weighted by Crippen LogP contribution is 2.30. The van der Waals surface area contributed by atoms with Crippen LogP contribution in [0.2, 0.25) is 5.02 Å². The number of likely N-dealkylation sites (tertiary alicyclic amines) is 1. The Morgan fingerprint density at radius 3 is 2.92 bits per heavy atom. The number of piperidine rings is 1. The summed E-state index contributed by atoms with van der Waals surface area (Å²) < 4.78 is 19.1. The first-order chi connectivity index (χ1) is 17.4. The fourth-order valence-electron chi connectivity index (χ4n) is 4.08. The van der Waals surface area contributed by atoms with E-state index in [2.05, 4.69) is 21.9 Å². The largest absolute Gasteiger partial charge is 0.487 e. The van der Waals surface area contributed by atoms with E-state index in [1.807, 2.05) is 0 Å². The molecule has 2 aromatic carbocycles. The molecule has 8 nitrogen and oxygen atoms in total. The molecule has 1 amide bonds. The Kier molecular flexibility index (Phi) is 7.80. The normalized spacial score (nSPS) is 15.3. The number of benzene rings is 2. The van der Waals surface area contributed by atoms with Gasteiger partial charge in [-0.2, -0.15) is 0 Å². The van der Waals surface area contributed by atoms with Gasteiger partial charge in [0.2, 0.25) is 5.91 Å². The first-order valence-electron chi connectivity index (χ1n) is 11.4. The summed E-state index contributed by atoms with van der Waals surface area (Å²) in [6.07, 6.45) is 4.31. The molecule has 1 aliphatic rings. The number of nitrogens with one attached hydrogen (secondary N) is 2. The third-order valence-corrected chi connectivity index (χ3v) is 6.17. The Labute approximate surface area is 213 Å². The monoisotopic (exact) mass is 508 g/mol. The molecule has 0 aliphatic carbocycles. The smallest absolute Gasteiger partial charge is 0.246 e. The molecule has 1 aromatic heterocycles. The van der Waals surface area contributed by atoms with Crippen molar-refractivity contribution in [2.45, 2.75) is 25.5 Å². The van der Waals surface area contributed by atoms with Crippen molar-refractivity contribution in [3.8, 4) is 5.75 Å². The highest BCUT2D eigenvalue weighted by atomic mass is 35.5. The first-order valence-corrected chi connectivity index (χ1v) is 11.8. The quantitative estimate of drug-likeness (QED) is 0.306. The molecule has 186 valence electrons. The molecule has 0 spiro atoms. The molecule has 0 unspecified atom stereocenters. The van der Waals surface area contributed by atoms with Gasteiger partial charge < -0.3 is 20.7 Å². The zero-order valence-corrected chi connectivity index (χ0v) is 20.3. The first kappa shape index (κ1) is 25.1. The molecule has 0 bridgehead atoms. The Morgan fingerprint density at radius 1 is 1.33 bits per heavy atom. The number of halogens is 2. The van der Waals surface area contributed by atoms with Crippen molar-refractivity contribution in [3.05, 3.63) is 89.0 Å². The van der Waals surface area contributed by atoms with Crippen LogP contribution in [0.3, 0.4) is 0 Å². The number of hydrogen-bond donors (Lipinski definition) is 3. The van der Waals surface area contributed by atoms with E-state index in [0.29, 0.717) is 46.4 Å². The highest BCUT2D eigenvalue weighted by molar-refractivity contribution is 6.32. The lowest BCUT2D eigenvalue weighted by atomic mass is 10.0. The number of nitrogens with two attached hydrogens (primary N) is 1. The number of aromatic nitrogens is 2. The van der Waals surface area contributed by atoms with E-state index in [1.165, 1.54) is 24.5 Å². The lowest BCUT2D eigenvalue weighted by Gasteiger charge is -2.33. The summed E-state index contributed by atoms with van der Waals surface area (Å²) in [6.45, 7) is 4.87. The Morgan fingerprint density at radius 2 is 2.17 bits per heavy atom. The van der Waals surface area contributed by atoms with Crippen LogP contribution in [0.1, 0.15) is 29.5 Å². The molecule has 3 aromatic rings. The van der Waals surface area contributed by atoms with Crippen LogP contribution in [0.15, 0.2) is 61.4 Å². The van der Waals surface area contributed by atoms with Gasteiger partial charge in [-0.15, -0.1) is 0 Å². The molecule has 10 heteroatoms. The minimum Gasteiger partial charge on any atom is -0.487 e. The molecular formula is C26H26ClFN6O2. The summed E-state index contributed by atoms with van der Waals surface area (Å²) in [4.78, 5) is 22.2. The van der Waals surface area contributed by atoms with Crippen molar-refractivity contribution < 1.29 is 13.9 Å². The molecule has 1 aliphatic heterocycles. The van der Waals surface area contributed by atoms with Crippen LogP contribution in [0.4, 0.5) is 16.0 Å². The fraction of sp³-hybridized carbons (Fsp3) is 0.231. The van der Waals surface area contributed by atoms with E-state index in [9.17, 15) is 9.18 Å². The van der Waals surface area contributed by atoms with Crippen LogP contribution in [0, 0.1) is 11.2 Å². The average molecular weight is 509 g/mol. The highest BCUT2D eigenvalue weighted by Gasteiger charge is 2.25. The summed E-state index contributed by atoms with van der Waals surface area (Å²) in [5, 5.41) is 12.4. The maximum atomic E-state index is 13.4. The molecule has 1 fully saturated rings. The number of nitrogen functional groups attached to an aromatic ring is 1. The van der Waals surface area contributed by atoms with Crippen LogP contribution in [0.25, 0.3) is 0 Å². The Bertz CT molecular complexity index is 1300. The predicted molar refractivity (Wildman–Crippen MR) is 138 cm³/mol. The molecule has 1 atom stereocenters. The second-order valence-electron chi connectivity index (χ2n) is 8.39. The third kappa shape index (κ3) is 5.80. The minimum absolute atomic E-state index is 0.0642. The van der Waals surface area contributed by atoms with Crippen LogP contribution in [-0.4, -0.2) is 45.6 Å². The molecular weight excluding hydrogens is 483 g/mol. The van der Waals surface area contributed by atoms with Gasteiger partial charge in [0.25, 0.3) is 0 Å². The van der Waals surface area contributed by atoms with Crippen LogP contribution < -0.4 is 15.8 Å². The van der Waals surface area contributed by atoms with E-state index >= 15 is 0 Å². The lowest BCUT2D eigenvalue weighted by molar-refractivity contribution is -0.127. The number of hydrogen-bond acceptors (Lipinski definition) is 7. The van der Waals surface area contributed by atoms with E-state index in [-0.39, 0.29) is 35.9 Å². The summed E-state index contributed by atoms with van der Waals surface area (Å²) in [6, 6.07) is 11.0. The third-order valence-electron chi connectivity index (χ3n) is 5.88. The van der Waals surface area contributed by atoms with E-state index in [1.54, 1.807) is 35.2 Å². The lowest BCUT2D eigenvalue weighted by Crippen LogP contribution is -2.44. The second kappa shape index (κ2) is 11.2. The molecule has 0 saturated carbocycles. The SMILES string of the molecule is C=CC(=O)N1CCC[C@H](Nc2ncnc(N)c2C(=N)c2ccc(OCc3cccc(F)c3)c(Cl)c2)C1. The Hall–Kier alpha value is -3.98. The molecule has 36 heavy (non-hydrogen) atoms. The molecule has 2 heterocycles. The number of carbonyl (C=O) groups excluding carboxylic acids is 1. The van der Waals surface area contributed by atoms with Gasteiger partial charge in [0, 0.05) is 24.7 Å². The summed E-state index contributed by atoms with van der Waals surface area (Å²) in [5.74, 6) is 0.502. The summed E-state index contributed by atoms with van der Waals surface area (Å²) in [7, 11) is 0. The van der Waals surface area contributed by atoms with Crippen molar-refractivity contribution in [1.29, 1.82) is 5.41 Å². The standard InChI is InChI=1S/C26H26ClFN6O2/c1-2-22(35)34-10-4-7-19(13-34)33-26-23(25(30)31-15-32-26)24(29)17-8-9-21(20(27)12-17)36-14-16-5-3-6-18(28)11-16/h2-3,5-6,8-9,11-12,15,19,29H,1,4,7,10,13-14H2,(H3,30,31,32,33)/t19-/m0/s1. The van der Waals surface area contributed by atoms with Gasteiger partial charge in [-0.1, -0.05) is 30.3 Å². The summed E-state index contributed by atoms with van der Waals surface area (Å²) >= 11 is 6.43. The van der Waals surface area contributed by atoms with Crippen molar-refractivity contribution >= 4 is 34.9 Å². The van der Waals surface area contributed by atoms with Gasteiger partial charge in [0.05, 0.1) is 16.3 Å². The number of anilines is 2. The molecule has 0 radical (unpaired) electrons. The molecule has 1 saturated heterocycles. The molecule has 4 N–H and O–H groups in total. The van der Waals surface area contributed by atoms with Gasteiger partial charge in [0.1, 0.15) is 36.1 Å². The van der Waals surface area contributed by atoms with E-state index in [0.717, 1.165) is 12.8 Å². The van der Waals surface area contributed by atoms with Crippen molar-refractivity contribution in [1.82, 2.24) is 14.9 Å². The maximum Gasteiger partial charge on any atom is 0.246 e. The van der Waals surface area contributed by atoms with Gasteiger partial charge in [-0.25, -0.2) is 14.4 Å². The van der Waals surface area contributed by atoms with Crippen molar-refractivity contribution in [2.24, 2.45) is 0 Å². The minimum atomic E-state index is -0.341. The number of nitrogens with zero attached hydrogens (tertiary/aromatic N) is 3. The number of ether oxygens (including phenoxy) is 1. The second-order valence-corrected chi connectivity index (χ2v) is 8.80. The topological polar surface area (TPSA) is 117 Å². The van der Waals surface area contributed by atoms with Crippen LogP contribution in [0.5, 0.6) is 5.75 Å². The van der Waals surface area contributed by atoms with Gasteiger partial charge in [-0.3, -0.25) is 10.2 Å². The summed E-state index contributed by atoms with van der Waals surface area (Å²) in [5.41, 5.74) is 7.75. The number of rotatable bonds is 8. The van der Waals surface area contributed by atoms with Crippen molar-refractivity contribution in [2.75, 3.05) is 24.1 Å². The van der Waals surface area contributed by atoms with Gasteiger partial charge in [0.15, 0.2) is 0 Å². The van der Waals surface area contributed by atoms with Crippen LogP contribution in [-0.2, 0) is 11.4 Å². The van der Waals surface area contributed by atoms with E-state index in [4.69, 9.17) is 27.5 Å². The van der Waals surface area contributed by atoms with Crippen LogP contribution >= 0.6 is 11.6 Å². The Balaban J connectivity index is 1.51. The molecule has 4 rings (SSSR count). The van der Waals surface area contributed by atoms with Crippen molar-refractivity contribution in [3.63, 3.8) is 0 Å².